The number of rotatable bonds is 7. The van der Waals surface area contributed by atoms with Gasteiger partial charge < -0.3 is 19.5 Å². The van der Waals surface area contributed by atoms with E-state index in [1.807, 2.05) is 18.2 Å². The van der Waals surface area contributed by atoms with Crippen LogP contribution in [-0.4, -0.2) is 40.5 Å². The number of nitrogens with one attached hydrogen (secondary N) is 1. The van der Waals surface area contributed by atoms with Crippen LogP contribution in [0.2, 0.25) is 0 Å². The maximum absolute atomic E-state index is 6.02. The molecule has 2 unspecified atom stereocenters. The Bertz CT molecular complexity index is 397. The molecule has 1 N–H and O–H groups in total. The minimum Gasteiger partial charge on any atom is -0.496 e. The molecule has 1 aromatic rings. The highest BCUT2D eigenvalue weighted by molar-refractivity contribution is 5.35. The van der Waals surface area contributed by atoms with Crippen LogP contribution in [0, 0.1) is 5.92 Å². The molecule has 20 heavy (non-hydrogen) atoms. The molecule has 0 spiro atoms. The van der Waals surface area contributed by atoms with Crippen molar-refractivity contribution in [1.29, 1.82) is 0 Å². The van der Waals surface area contributed by atoms with E-state index >= 15 is 0 Å². The number of ether oxygens (including phenoxy) is 3. The SMILES string of the molecule is COCCNCC1CCCOC1c1ccccc1OC. The lowest BCUT2D eigenvalue weighted by Gasteiger charge is -2.33. The minimum absolute atomic E-state index is 0.120. The molecule has 1 aliphatic rings. The van der Waals surface area contributed by atoms with Gasteiger partial charge in [0.05, 0.1) is 19.8 Å². The summed E-state index contributed by atoms with van der Waals surface area (Å²) in [6, 6.07) is 8.15. The lowest BCUT2D eigenvalue weighted by atomic mass is 9.89. The first-order valence-corrected chi connectivity index (χ1v) is 7.31. The Balaban J connectivity index is 2.02. The van der Waals surface area contributed by atoms with Crippen molar-refractivity contribution in [2.45, 2.75) is 18.9 Å². The summed E-state index contributed by atoms with van der Waals surface area (Å²) in [5, 5.41) is 3.45. The highest BCUT2D eigenvalue weighted by atomic mass is 16.5. The molecule has 1 saturated heterocycles. The molecular formula is C16H25NO3. The van der Waals surface area contributed by atoms with E-state index in [4.69, 9.17) is 14.2 Å². The first-order valence-electron chi connectivity index (χ1n) is 7.31. The first kappa shape index (κ1) is 15.3. The van der Waals surface area contributed by atoms with Crippen LogP contribution in [0.5, 0.6) is 5.75 Å². The fourth-order valence-corrected chi connectivity index (χ4v) is 2.76. The Morgan fingerprint density at radius 1 is 1.30 bits per heavy atom. The van der Waals surface area contributed by atoms with E-state index in [1.165, 1.54) is 6.42 Å². The minimum atomic E-state index is 0.120. The molecule has 0 radical (unpaired) electrons. The third-order valence-corrected chi connectivity index (χ3v) is 3.78. The smallest absolute Gasteiger partial charge is 0.124 e. The lowest BCUT2D eigenvalue weighted by molar-refractivity contribution is -0.0291. The van der Waals surface area contributed by atoms with Crippen molar-refractivity contribution in [3.8, 4) is 5.75 Å². The van der Waals surface area contributed by atoms with Gasteiger partial charge in [-0.3, -0.25) is 0 Å². The Kier molecular flexibility index (Phi) is 6.30. The van der Waals surface area contributed by atoms with Crippen LogP contribution in [0.1, 0.15) is 24.5 Å². The van der Waals surface area contributed by atoms with Crippen molar-refractivity contribution < 1.29 is 14.2 Å². The van der Waals surface area contributed by atoms with Gasteiger partial charge in [-0.1, -0.05) is 18.2 Å². The number of hydrogen-bond acceptors (Lipinski definition) is 4. The van der Waals surface area contributed by atoms with Gasteiger partial charge in [-0.05, 0) is 18.9 Å². The molecule has 0 aliphatic carbocycles. The number of methoxy groups -OCH3 is 2. The molecular weight excluding hydrogens is 254 g/mol. The maximum Gasteiger partial charge on any atom is 0.124 e. The van der Waals surface area contributed by atoms with Gasteiger partial charge >= 0.3 is 0 Å². The van der Waals surface area contributed by atoms with Crippen molar-refractivity contribution in [3.63, 3.8) is 0 Å². The molecule has 0 bridgehead atoms. The van der Waals surface area contributed by atoms with E-state index in [0.29, 0.717) is 5.92 Å². The molecule has 2 atom stereocenters. The van der Waals surface area contributed by atoms with E-state index < -0.39 is 0 Å². The van der Waals surface area contributed by atoms with Crippen molar-refractivity contribution in [1.82, 2.24) is 5.32 Å². The summed E-state index contributed by atoms with van der Waals surface area (Å²) < 4.78 is 16.6. The maximum atomic E-state index is 6.02. The van der Waals surface area contributed by atoms with Crippen LogP contribution < -0.4 is 10.1 Å². The molecule has 4 nitrogen and oxygen atoms in total. The quantitative estimate of drug-likeness (QED) is 0.778. The van der Waals surface area contributed by atoms with E-state index in [1.54, 1.807) is 14.2 Å². The Hall–Kier alpha value is -1.10. The van der Waals surface area contributed by atoms with Crippen LogP contribution >= 0.6 is 0 Å². The number of benzene rings is 1. The summed E-state index contributed by atoms with van der Waals surface area (Å²) in [5.74, 6) is 1.40. The van der Waals surface area contributed by atoms with Crippen LogP contribution in [0.15, 0.2) is 24.3 Å². The van der Waals surface area contributed by atoms with Crippen LogP contribution in [-0.2, 0) is 9.47 Å². The highest BCUT2D eigenvalue weighted by Gasteiger charge is 2.29. The fraction of sp³-hybridized carbons (Fsp3) is 0.625. The molecule has 1 aliphatic heterocycles. The molecule has 1 heterocycles. The van der Waals surface area contributed by atoms with Gasteiger partial charge in [-0.25, -0.2) is 0 Å². The molecule has 0 aromatic heterocycles. The third kappa shape index (κ3) is 3.95. The van der Waals surface area contributed by atoms with Gasteiger partial charge in [0.15, 0.2) is 0 Å². The van der Waals surface area contributed by atoms with E-state index in [9.17, 15) is 0 Å². The van der Waals surface area contributed by atoms with Gasteiger partial charge in [0.25, 0.3) is 0 Å². The third-order valence-electron chi connectivity index (χ3n) is 3.78. The zero-order valence-electron chi connectivity index (χ0n) is 12.4. The summed E-state index contributed by atoms with van der Waals surface area (Å²) in [4.78, 5) is 0. The molecule has 112 valence electrons. The standard InChI is InChI=1S/C16H25NO3/c1-18-11-9-17-12-13-6-5-10-20-16(13)14-7-3-4-8-15(14)19-2/h3-4,7-8,13,16-17H,5-6,9-12H2,1-2H3. The summed E-state index contributed by atoms with van der Waals surface area (Å²) in [7, 11) is 3.44. The normalized spacial score (nSPS) is 22.7. The second-order valence-electron chi connectivity index (χ2n) is 5.13. The molecule has 1 fully saturated rings. The fourth-order valence-electron chi connectivity index (χ4n) is 2.76. The average Bonchev–Trinajstić information content (AvgIpc) is 2.52. The van der Waals surface area contributed by atoms with E-state index in [-0.39, 0.29) is 6.10 Å². The average molecular weight is 279 g/mol. The molecule has 4 heteroatoms. The van der Waals surface area contributed by atoms with Gasteiger partial charge in [-0.15, -0.1) is 0 Å². The highest BCUT2D eigenvalue weighted by Crippen LogP contribution is 2.37. The van der Waals surface area contributed by atoms with Gasteiger partial charge in [0.2, 0.25) is 0 Å². The molecule has 2 rings (SSSR count). The topological polar surface area (TPSA) is 39.7 Å². The summed E-state index contributed by atoms with van der Waals surface area (Å²) >= 11 is 0. The predicted molar refractivity (Wildman–Crippen MR) is 79.2 cm³/mol. The zero-order chi connectivity index (χ0) is 14.2. The largest absolute Gasteiger partial charge is 0.496 e. The molecule has 1 aromatic carbocycles. The Labute approximate surface area is 121 Å². The van der Waals surface area contributed by atoms with Crippen molar-refractivity contribution >= 4 is 0 Å². The number of hydrogen-bond donors (Lipinski definition) is 1. The van der Waals surface area contributed by atoms with E-state index in [2.05, 4.69) is 11.4 Å². The van der Waals surface area contributed by atoms with Crippen molar-refractivity contribution in [2.24, 2.45) is 5.92 Å². The molecule has 0 saturated carbocycles. The number of para-hydroxylation sites is 1. The van der Waals surface area contributed by atoms with Crippen molar-refractivity contribution in [3.05, 3.63) is 29.8 Å². The second-order valence-corrected chi connectivity index (χ2v) is 5.13. The second kappa shape index (κ2) is 8.25. The zero-order valence-corrected chi connectivity index (χ0v) is 12.4. The Morgan fingerprint density at radius 2 is 2.15 bits per heavy atom. The van der Waals surface area contributed by atoms with Crippen molar-refractivity contribution in [2.75, 3.05) is 40.5 Å². The summed E-state index contributed by atoms with van der Waals surface area (Å²) in [6.07, 6.45) is 2.43. The predicted octanol–water partition coefficient (Wildman–Crippen LogP) is 2.40. The van der Waals surface area contributed by atoms with Gasteiger partial charge in [0, 0.05) is 38.3 Å². The first-order chi connectivity index (χ1) is 9.86. The Morgan fingerprint density at radius 3 is 2.95 bits per heavy atom. The monoisotopic (exact) mass is 279 g/mol. The van der Waals surface area contributed by atoms with E-state index in [0.717, 1.165) is 44.0 Å². The van der Waals surface area contributed by atoms with Gasteiger partial charge in [-0.2, -0.15) is 0 Å². The van der Waals surface area contributed by atoms with Gasteiger partial charge in [0.1, 0.15) is 5.75 Å². The summed E-state index contributed by atoms with van der Waals surface area (Å²) in [5.41, 5.74) is 1.16. The molecule has 0 amide bonds. The van der Waals surface area contributed by atoms with Crippen LogP contribution in [0.4, 0.5) is 0 Å². The lowest BCUT2D eigenvalue weighted by Crippen LogP contribution is -2.33. The van der Waals surface area contributed by atoms with Crippen LogP contribution in [0.25, 0.3) is 0 Å². The van der Waals surface area contributed by atoms with Crippen LogP contribution in [0.3, 0.4) is 0 Å². The summed E-state index contributed by atoms with van der Waals surface area (Å²) in [6.45, 7) is 3.40.